The van der Waals surface area contributed by atoms with Crippen molar-refractivity contribution in [2.75, 3.05) is 4.90 Å². The van der Waals surface area contributed by atoms with Gasteiger partial charge in [0, 0.05) is 22.5 Å². The van der Waals surface area contributed by atoms with Crippen LogP contribution in [0.5, 0.6) is 0 Å². The van der Waals surface area contributed by atoms with Crippen LogP contribution in [0.15, 0.2) is 83.4 Å². The Kier molecular flexibility index (Phi) is 5.45. The first kappa shape index (κ1) is 20.7. The second kappa shape index (κ2) is 8.41. The average Bonchev–Trinajstić information content (AvgIpc) is 3.41. The molecule has 4 nitrogen and oxygen atoms in total. The van der Waals surface area contributed by atoms with Gasteiger partial charge in [0.2, 0.25) is 0 Å². The first-order valence-electron chi connectivity index (χ1n) is 10.4. The molecule has 0 aliphatic carbocycles. The summed E-state index contributed by atoms with van der Waals surface area (Å²) in [5.74, 6) is 1.57. The quantitative estimate of drug-likeness (QED) is 0.340. The van der Waals surface area contributed by atoms with Crippen molar-refractivity contribution in [3.63, 3.8) is 0 Å². The molecule has 5 rings (SSSR count). The molecule has 0 saturated carbocycles. The molecule has 0 unspecified atom stereocenters. The highest BCUT2D eigenvalue weighted by atomic mass is 35.5. The van der Waals surface area contributed by atoms with E-state index in [4.69, 9.17) is 28.2 Å². The largest absolute Gasteiger partial charge is 0.459 e. The van der Waals surface area contributed by atoms with Crippen molar-refractivity contribution in [1.82, 2.24) is 10.3 Å². The lowest BCUT2D eigenvalue weighted by Crippen LogP contribution is -2.29. The zero-order chi connectivity index (χ0) is 22.2. The number of aryl methyl sites for hydroxylation is 2. The number of rotatable bonds is 4. The van der Waals surface area contributed by atoms with Crippen molar-refractivity contribution in [3.05, 3.63) is 107 Å². The summed E-state index contributed by atoms with van der Waals surface area (Å²) in [5, 5.41) is 4.83. The minimum Gasteiger partial charge on any atom is -0.459 e. The van der Waals surface area contributed by atoms with E-state index in [0.717, 1.165) is 39.1 Å². The normalized spacial score (nSPS) is 18.1. The molecule has 3 heterocycles. The molecule has 4 aromatic rings. The van der Waals surface area contributed by atoms with E-state index in [0.29, 0.717) is 5.11 Å². The third kappa shape index (κ3) is 3.78. The average molecular weight is 460 g/mol. The fraction of sp³-hybridized carbons (Fsp3) is 0.154. The zero-order valence-corrected chi connectivity index (χ0v) is 19.3. The van der Waals surface area contributed by atoms with Crippen LogP contribution in [0.2, 0.25) is 5.02 Å². The van der Waals surface area contributed by atoms with Gasteiger partial charge in [0.15, 0.2) is 5.11 Å². The Morgan fingerprint density at radius 2 is 1.88 bits per heavy atom. The molecule has 1 N–H and O–H groups in total. The highest BCUT2D eigenvalue weighted by Gasteiger charge is 2.42. The van der Waals surface area contributed by atoms with E-state index in [9.17, 15) is 0 Å². The van der Waals surface area contributed by atoms with Gasteiger partial charge in [-0.25, -0.2) is 0 Å². The summed E-state index contributed by atoms with van der Waals surface area (Å²) in [5.41, 5.74) is 5.07. The molecule has 2 aromatic carbocycles. The molecule has 1 saturated heterocycles. The van der Waals surface area contributed by atoms with Crippen LogP contribution in [0.3, 0.4) is 0 Å². The minimum absolute atomic E-state index is 0.148. The van der Waals surface area contributed by atoms with Crippen LogP contribution in [-0.2, 0) is 0 Å². The van der Waals surface area contributed by atoms with Crippen LogP contribution >= 0.6 is 23.8 Å². The molecule has 32 heavy (non-hydrogen) atoms. The van der Waals surface area contributed by atoms with E-state index in [1.165, 1.54) is 5.56 Å². The van der Waals surface area contributed by atoms with Crippen LogP contribution < -0.4 is 10.2 Å². The van der Waals surface area contributed by atoms with E-state index in [-0.39, 0.29) is 12.1 Å². The molecule has 1 aliphatic rings. The lowest BCUT2D eigenvalue weighted by atomic mass is 10.0. The lowest BCUT2D eigenvalue weighted by Gasteiger charge is -2.26. The van der Waals surface area contributed by atoms with E-state index >= 15 is 0 Å². The van der Waals surface area contributed by atoms with Crippen LogP contribution in [0.4, 0.5) is 5.69 Å². The molecule has 0 bridgehead atoms. The second-order valence-electron chi connectivity index (χ2n) is 8.00. The van der Waals surface area contributed by atoms with E-state index in [2.05, 4.69) is 40.3 Å². The maximum absolute atomic E-state index is 6.40. The predicted octanol–water partition coefficient (Wildman–Crippen LogP) is 6.79. The lowest BCUT2D eigenvalue weighted by molar-refractivity contribution is 0.439. The number of nitrogens with zero attached hydrogens (tertiary/aromatic N) is 2. The number of halogens is 1. The van der Waals surface area contributed by atoms with Gasteiger partial charge in [-0.05, 0) is 79.7 Å². The van der Waals surface area contributed by atoms with E-state index in [1.54, 1.807) is 6.20 Å². The molecule has 2 atom stereocenters. The maximum Gasteiger partial charge on any atom is 0.174 e. The summed E-state index contributed by atoms with van der Waals surface area (Å²) in [7, 11) is 0. The van der Waals surface area contributed by atoms with Crippen LogP contribution in [0, 0.1) is 13.8 Å². The Hall–Kier alpha value is -3.15. The van der Waals surface area contributed by atoms with Crippen molar-refractivity contribution in [2.45, 2.75) is 25.9 Å². The number of thiocarbonyl (C=S) groups is 1. The monoisotopic (exact) mass is 459 g/mol. The van der Waals surface area contributed by atoms with Crippen molar-refractivity contribution in [3.8, 4) is 11.3 Å². The molecule has 0 spiro atoms. The fourth-order valence-electron chi connectivity index (χ4n) is 4.11. The Morgan fingerprint density at radius 3 is 2.62 bits per heavy atom. The first-order valence-corrected chi connectivity index (χ1v) is 11.2. The van der Waals surface area contributed by atoms with Gasteiger partial charge in [0.25, 0.3) is 0 Å². The number of anilines is 1. The summed E-state index contributed by atoms with van der Waals surface area (Å²) in [4.78, 5) is 6.71. The third-order valence-electron chi connectivity index (χ3n) is 5.75. The fourth-order valence-corrected chi connectivity index (χ4v) is 4.64. The molecule has 0 radical (unpaired) electrons. The van der Waals surface area contributed by atoms with Gasteiger partial charge in [0.1, 0.15) is 17.6 Å². The summed E-state index contributed by atoms with van der Waals surface area (Å²) >= 11 is 12.1. The van der Waals surface area contributed by atoms with Gasteiger partial charge in [0.05, 0.1) is 11.7 Å². The smallest absolute Gasteiger partial charge is 0.174 e. The van der Waals surface area contributed by atoms with Crippen LogP contribution in [0.1, 0.15) is 34.7 Å². The van der Waals surface area contributed by atoms with Gasteiger partial charge in [-0.15, -0.1) is 0 Å². The molecule has 1 aliphatic heterocycles. The number of aromatic nitrogens is 1. The van der Waals surface area contributed by atoms with E-state index < -0.39 is 0 Å². The third-order valence-corrected chi connectivity index (χ3v) is 6.47. The van der Waals surface area contributed by atoms with E-state index in [1.807, 2.05) is 61.5 Å². The molecular formula is C26H22ClN3OS. The molecule has 160 valence electrons. The molecule has 6 heteroatoms. The van der Waals surface area contributed by atoms with Gasteiger partial charge >= 0.3 is 0 Å². The van der Waals surface area contributed by atoms with Crippen molar-refractivity contribution in [2.24, 2.45) is 0 Å². The van der Waals surface area contributed by atoms with Crippen LogP contribution in [-0.4, -0.2) is 10.1 Å². The Bertz CT molecular complexity index is 1290. The van der Waals surface area contributed by atoms with Gasteiger partial charge in [-0.2, -0.15) is 0 Å². The summed E-state index contributed by atoms with van der Waals surface area (Å²) in [6.45, 7) is 4.06. The number of hydrogen-bond donors (Lipinski definition) is 1. The van der Waals surface area contributed by atoms with Gasteiger partial charge in [-0.3, -0.25) is 4.98 Å². The SMILES string of the molecule is Cc1cccc(N2C(=S)N[C@@H](c3ccccn3)[C@@H]2c2ccc(-c3ccc(C)c(Cl)c3)o2)c1. The number of nitrogens with one attached hydrogen (secondary N) is 1. The number of hydrogen-bond acceptors (Lipinski definition) is 3. The second-order valence-corrected chi connectivity index (χ2v) is 8.80. The summed E-state index contributed by atoms with van der Waals surface area (Å²) in [6.07, 6.45) is 1.80. The highest BCUT2D eigenvalue weighted by Crippen LogP contribution is 2.43. The number of furan rings is 1. The van der Waals surface area contributed by atoms with Crippen molar-refractivity contribution >= 4 is 34.6 Å². The number of pyridine rings is 1. The summed E-state index contributed by atoms with van der Waals surface area (Å²) in [6, 6.07) is 23.9. The van der Waals surface area contributed by atoms with Crippen molar-refractivity contribution < 1.29 is 4.42 Å². The maximum atomic E-state index is 6.40. The Balaban J connectivity index is 1.60. The topological polar surface area (TPSA) is 41.3 Å². The highest BCUT2D eigenvalue weighted by molar-refractivity contribution is 7.80. The predicted molar refractivity (Wildman–Crippen MR) is 133 cm³/mol. The van der Waals surface area contributed by atoms with Crippen molar-refractivity contribution in [1.29, 1.82) is 0 Å². The number of benzene rings is 2. The van der Waals surface area contributed by atoms with Gasteiger partial charge < -0.3 is 14.6 Å². The molecular weight excluding hydrogens is 438 g/mol. The standard InChI is InChI=1S/C26H22ClN3OS/c1-16-6-5-7-19(14-16)30-25(24(29-26(30)32)21-8-3-4-13-28-21)23-12-11-22(31-23)18-10-9-17(2)20(27)15-18/h3-15,24-25H,1-2H3,(H,29,32)/t24-,25-/m0/s1. The molecule has 2 aromatic heterocycles. The first-order chi connectivity index (χ1) is 15.5. The Morgan fingerprint density at radius 1 is 1.00 bits per heavy atom. The zero-order valence-electron chi connectivity index (χ0n) is 17.7. The molecule has 0 amide bonds. The minimum atomic E-state index is -0.186. The Labute approximate surface area is 197 Å². The summed E-state index contributed by atoms with van der Waals surface area (Å²) < 4.78 is 6.40. The van der Waals surface area contributed by atoms with Gasteiger partial charge in [-0.1, -0.05) is 41.9 Å². The van der Waals surface area contributed by atoms with Crippen LogP contribution in [0.25, 0.3) is 11.3 Å². The molecule has 1 fully saturated rings.